The molecule has 0 fully saturated rings. The largest absolute Gasteiger partial charge is 0.489 e. The topological polar surface area (TPSA) is 75.0 Å². The van der Waals surface area contributed by atoms with Crippen LogP contribution < -0.4 is 10.1 Å². The van der Waals surface area contributed by atoms with Crippen molar-refractivity contribution >= 4 is 17.7 Å². The lowest BCUT2D eigenvalue weighted by molar-refractivity contribution is -0.112. The van der Waals surface area contributed by atoms with Gasteiger partial charge in [0, 0.05) is 6.20 Å². The van der Waals surface area contributed by atoms with Crippen LogP contribution in [0.4, 0.5) is 5.69 Å². The molecule has 2 aromatic carbocycles. The highest BCUT2D eigenvalue weighted by molar-refractivity contribution is 6.09. The van der Waals surface area contributed by atoms with Crippen LogP contribution in [0.2, 0.25) is 0 Å². The molecule has 0 unspecified atom stereocenters. The van der Waals surface area contributed by atoms with Gasteiger partial charge in [-0.2, -0.15) is 5.26 Å². The van der Waals surface area contributed by atoms with Gasteiger partial charge < -0.3 is 10.1 Å². The van der Waals surface area contributed by atoms with Gasteiger partial charge in [-0.05, 0) is 41.5 Å². The Labute approximate surface area is 157 Å². The Kier molecular flexibility index (Phi) is 5.95. The minimum absolute atomic E-state index is 0.0109. The molecule has 27 heavy (non-hydrogen) atoms. The summed E-state index contributed by atoms with van der Waals surface area (Å²) in [5, 5.41) is 11.9. The summed E-state index contributed by atoms with van der Waals surface area (Å²) in [4.78, 5) is 16.1. The molecule has 0 saturated carbocycles. The van der Waals surface area contributed by atoms with Gasteiger partial charge in [0.05, 0.1) is 11.9 Å². The standard InChI is InChI=1S/C22H17N3O2/c23-14-19(22(26)25-20-7-4-12-24-15-20)13-17-8-10-21(11-9-17)27-16-18-5-2-1-3-6-18/h1-13,15H,16H2,(H,25,26)/b19-13+. The molecular formula is C22H17N3O2. The predicted octanol–water partition coefficient (Wildman–Crippen LogP) is 4.21. The zero-order chi connectivity index (χ0) is 18.9. The summed E-state index contributed by atoms with van der Waals surface area (Å²) < 4.78 is 5.73. The molecule has 1 amide bonds. The first-order valence-electron chi connectivity index (χ1n) is 8.34. The van der Waals surface area contributed by atoms with E-state index in [1.807, 2.05) is 48.5 Å². The lowest BCUT2D eigenvalue weighted by atomic mass is 10.1. The van der Waals surface area contributed by atoms with Gasteiger partial charge in [-0.15, -0.1) is 0 Å². The summed E-state index contributed by atoms with van der Waals surface area (Å²) in [6, 6.07) is 22.4. The van der Waals surface area contributed by atoms with Crippen LogP contribution in [0.1, 0.15) is 11.1 Å². The first-order valence-corrected chi connectivity index (χ1v) is 8.34. The van der Waals surface area contributed by atoms with E-state index >= 15 is 0 Å². The minimum Gasteiger partial charge on any atom is -0.489 e. The molecule has 3 rings (SSSR count). The van der Waals surface area contributed by atoms with Crippen LogP contribution in [0, 0.1) is 11.3 Å². The fourth-order valence-corrected chi connectivity index (χ4v) is 2.35. The van der Waals surface area contributed by atoms with Crippen molar-refractivity contribution in [1.29, 1.82) is 5.26 Å². The maximum Gasteiger partial charge on any atom is 0.266 e. The number of carbonyl (C=O) groups is 1. The van der Waals surface area contributed by atoms with E-state index in [-0.39, 0.29) is 5.57 Å². The quantitative estimate of drug-likeness (QED) is 0.531. The van der Waals surface area contributed by atoms with Crippen molar-refractivity contribution in [1.82, 2.24) is 4.98 Å². The molecule has 0 aliphatic carbocycles. The third-order valence-electron chi connectivity index (χ3n) is 3.72. The van der Waals surface area contributed by atoms with Crippen LogP contribution in [-0.2, 0) is 11.4 Å². The van der Waals surface area contributed by atoms with E-state index in [0.29, 0.717) is 18.0 Å². The molecule has 0 radical (unpaired) electrons. The lowest BCUT2D eigenvalue weighted by Gasteiger charge is -2.07. The number of hydrogen-bond donors (Lipinski definition) is 1. The number of ether oxygens (including phenoxy) is 1. The van der Waals surface area contributed by atoms with Gasteiger partial charge in [0.25, 0.3) is 5.91 Å². The van der Waals surface area contributed by atoms with Gasteiger partial charge in [0.1, 0.15) is 24.0 Å². The van der Waals surface area contributed by atoms with E-state index in [9.17, 15) is 10.1 Å². The van der Waals surface area contributed by atoms with E-state index in [1.54, 1.807) is 30.5 Å². The number of benzene rings is 2. The highest BCUT2D eigenvalue weighted by atomic mass is 16.5. The summed E-state index contributed by atoms with van der Waals surface area (Å²) in [7, 11) is 0. The molecule has 1 N–H and O–H groups in total. The van der Waals surface area contributed by atoms with Crippen LogP contribution in [0.25, 0.3) is 6.08 Å². The average molecular weight is 355 g/mol. The van der Waals surface area contributed by atoms with Crippen molar-refractivity contribution in [3.63, 3.8) is 0 Å². The number of nitrogens with one attached hydrogen (secondary N) is 1. The van der Waals surface area contributed by atoms with Gasteiger partial charge in [0.2, 0.25) is 0 Å². The van der Waals surface area contributed by atoms with Crippen LogP contribution in [0.3, 0.4) is 0 Å². The van der Waals surface area contributed by atoms with Crippen molar-refractivity contribution in [3.05, 3.63) is 95.8 Å². The second kappa shape index (κ2) is 8.97. The first kappa shape index (κ1) is 17.9. The molecule has 0 bridgehead atoms. The molecule has 5 nitrogen and oxygen atoms in total. The van der Waals surface area contributed by atoms with Gasteiger partial charge in [-0.25, -0.2) is 0 Å². The summed E-state index contributed by atoms with van der Waals surface area (Å²) in [5.74, 6) is 0.240. The summed E-state index contributed by atoms with van der Waals surface area (Å²) in [6.45, 7) is 0.479. The van der Waals surface area contributed by atoms with E-state index in [0.717, 1.165) is 11.1 Å². The average Bonchev–Trinajstić information content (AvgIpc) is 2.73. The van der Waals surface area contributed by atoms with Crippen molar-refractivity contribution in [3.8, 4) is 11.8 Å². The normalized spacial score (nSPS) is 10.7. The summed E-state index contributed by atoms with van der Waals surface area (Å²) in [5.41, 5.74) is 2.37. The van der Waals surface area contributed by atoms with E-state index in [4.69, 9.17) is 4.74 Å². The molecule has 5 heteroatoms. The SMILES string of the molecule is N#C/C(=C\c1ccc(OCc2ccccc2)cc1)C(=O)Nc1cccnc1. The zero-order valence-electron chi connectivity index (χ0n) is 14.5. The number of amides is 1. The monoisotopic (exact) mass is 355 g/mol. The van der Waals surface area contributed by atoms with E-state index < -0.39 is 5.91 Å². The maximum absolute atomic E-state index is 12.2. The van der Waals surface area contributed by atoms with Crippen LogP contribution in [0.15, 0.2) is 84.7 Å². The number of nitriles is 1. The number of carbonyl (C=O) groups excluding carboxylic acids is 1. The smallest absolute Gasteiger partial charge is 0.266 e. The predicted molar refractivity (Wildman–Crippen MR) is 104 cm³/mol. The van der Waals surface area contributed by atoms with Crippen LogP contribution in [-0.4, -0.2) is 10.9 Å². The molecule has 0 aliphatic heterocycles. The zero-order valence-corrected chi connectivity index (χ0v) is 14.5. The Morgan fingerprint density at radius 3 is 2.52 bits per heavy atom. The molecular weight excluding hydrogens is 338 g/mol. The Morgan fingerprint density at radius 1 is 1.07 bits per heavy atom. The van der Waals surface area contributed by atoms with Crippen molar-refractivity contribution in [2.45, 2.75) is 6.61 Å². The maximum atomic E-state index is 12.2. The van der Waals surface area contributed by atoms with Crippen molar-refractivity contribution in [2.24, 2.45) is 0 Å². The molecule has 132 valence electrons. The van der Waals surface area contributed by atoms with Crippen molar-refractivity contribution < 1.29 is 9.53 Å². The molecule has 0 spiro atoms. The molecule has 1 heterocycles. The number of nitrogens with zero attached hydrogens (tertiary/aromatic N) is 2. The minimum atomic E-state index is -0.477. The number of hydrogen-bond acceptors (Lipinski definition) is 4. The number of aromatic nitrogens is 1. The second-order valence-electron chi connectivity index (χ2n) is 5.71. The fourth-order valence-electron chi connectivity index (χ4n) is 2.35. The Morgan fingerprint density at radius 2 is 1.85 bits per heavy atom. The number of pyridine rings is 1. The van der Waals surface area contributed by atoms with Crippen LogP contribution in [0.5, 0.6) is 5.75 Å². The summed E-state index contributed by atoms with van der Waals surface area (Å²) >= 11 is 0. The Balaban J connectivity index is 1.64. The van der Waals surface area contributed by atoms with Gasteiger partial charge in [-0.3, -0.25) is 9.78 Å². The van der Waals surface area contributed by atoms with Crippen molar-refractivity contribution in [2.75, 3.05) is 5.32 Å². The lowest BCUT2D eigenvalue weighted by Crippen LogP contribution is -2.13. The number of rotatable bonds is 6. The molecule has 0 atom stereocenters. The highest BCUT2D eigenvalue weighted by Gasteiger charge is 2.09. The van der Waals surface area contributed by atoms with Gasteiger partial charge in [0.15, 0.2) is 0 Å². The van der Waals surface area contributed by atoms with E-state index in [2.05, 4.69) is 10.3 Å². The van der Waals surface area contributed by atoms with E-state index in [1.165, 1.54) is 12.3 Å². The second-order valence-corrected chi connectivity index (χ2v) is 5.71. The van der Waals surface area contributed by atoms with Gasteiger partial charge >= 0.3 is 0 Å². The molecule has 3 aromatic rings. The third-order valence-corrected chi connectivity index (χ3v) is 3.72. The Bertz CT molecular complexity index is 960. The Hall–Kier alpha value is -3.91. The highest BCUT2D eigenvalue weighted by Crippen LogP contribution is 2.17. The van der Waals surface area contributed by atoms with Gasteiger partial charge in [-0.1, -0.05) is 42.5 Å². The molecule has 1 aromatic heterocycles. The summed E-state index contributed by atoms with van der Waals surface area (Å²) in [6.07, 6.45) is 4.66. The fraction of sp³-hybridized carbons (Fsp3) is 0.0455. The third kappa shape index (κ3) is 5.28. The molecule has 0 saturated heterocycles. The first-order chi connectivity index (χ1) is 13.2. The van der Waals surface area contributed by atoms with Crippen LogP contribution >= 0.6 is 0 Å². The molecule has 0 aliphatic rings. The number of anilines is 1.